The van der Waals surface area contributed by atoms with Crippen molar-refractivity contribution in [3.05, 3.63) is 42.1 Å². The number of phenolic OH excluding ortho intramolecular Hbond substituents is 2. The molecule has 1 aliphatic heterocycles. The quantitative estimate of drug-likeness (QED) is 0.676. The van der Waals surface area contributed by atoms with Gasteiger partial charge >= 0.3 is 0 Å². The van der Waals surface area contributed by atoms with Crippen LogP contribution in [0.4, 0.5) is 0 Å². The molecule has 1 aliphatic rings. The second-order valence-electron chi connectivity index (χ2n) is 5.34. The number of aromatic hydroxyl groups is 2. The number of nitrogens with one attached hydrogen (secondary N) is 1. The van der Waals surface area contributed by atoms with E-state index >= 15 is 0 Å². The highest BCUT2D eigenvalue weighted by Crippen LogP contribution is 2.41. The van der Waals surface area contributed by atoms with E-state index in [1.807, 2.05) is 25.1 Å². The molecule has 3 aromatic rings. The van der Waals surface area contributed by atoms with Crippen molar-refractivity contribution in [2.24, 2.45) is 0 Å². The first-order valence-electron chi connectivity index (χ1n) is 7.11. The summed E-state index contributed by atoms with van der Waals surface area (Å²) >= 11 is 0. The molecule has 23 heavy (non-hydrogen) atoms. The third-order valence-electron chi connectivity index (χ3n) is 3.84. The summed E-state index contributed by atoms with van der Waals surface area (Å²) < 4.78 is 10.8. The number of aryl methyl sites for hydroxylation is 1. The van der Waals surface area contributed by atoms with Crippen LogP contribution >= 0.6 is 0 Å². The Labute approximate surface area is 131 Å². The van der Waals surface area contributed by atoms with Crippen molar-refractivity contribution in [2.75, 3.05) is 6.79 Å². The molecule has 0 unspecified atom stereocenters. The summed E-state index contributed by atoms with van der Waals surface area (Å²) in [5.41, 5.74) is 3.79. The molecule has 6 nitrogen and oxygen atoms in total. The van der Waals surface area contributed by atoms with Crippen LogP contribution in [0.1, 0.15) is 5.69 Å². The minimum absolute atomic E-state index is 0.00290. The first-order valence-corrected chi connectivity index (χ1v) is 7.11. The van der Waals surface area contributed by atoms with E-state index in [9.17, 15) is 10.2 Å². The molecule has 0 saturated carbocycles. The first-order chi connectivity index (χ1) is 11.1. The monoisotopic (exact) mass is 310 g/mol. The standard InChI is InChI=1S/C17H14N2O4/c1-9-16(10-2-5-14-15(6-10)23-8-22-14)17(19-18-9)12-4-3-11(20)7-13(12)21/h2-7,20-21H,8H2,1H3,(H,18,19). The molecule has 6 heteroatoms. The maximum absolute atomic E-state index is 10.1. The van der Waals surface area contributed by atoms with E-state index in [0.29, 0.717) is 22.8 Å². The fourth-order valence-corrected chi connectivity index (χ4v) is 2.75. The van der Waals surface area contributed by atoms with Crippen molar-refractivity contribution < 1.29 is 19.7 Å². The molecular weight excluding hydrogens is 296 g/mol. The molecule has 0 aliphatic carbocycles. The molecule has 0 atom stereocenters. The van der Waals surface area contributed by atoms with Gasteiger partial charge in [-0.1, -0.05) is 6.07 Å². The van der Waals surface area contributed by atoms with Gasteiger partial charge in [0, 0.05) is 22.9 Å². The minimum Gasteiger partial charge on any atom is -0.508 e. The summed E-state index contributed by atoms with van der Waals surface area (Å²) in [5, 5.41) is 26.8. The number of ether oxygens (including phenoxy) is 2. The van der Waals surface area contributed by atoms with Gasteiger partial charge in [-0.05, 0) is 36.8 Å². The number of rotatable bonds is 2. The Morgan fingerprint density at radius 2 is 1.87 bits per heavy atom. The lowest BCUT2D eigenvalue weighted by molar-refractivity contribution is 0.174. The number of hydrogen-bond donors (Lipinski definition) is 3. The van der Waals surface area contributed by atoms with Gasteiger partial charge in [-0.25, -0.2) is 0 Å². The number of aromatic nitrogens is 2. The summed E-state index contributed by atoms with van der Waals surface area (Å²) in [6, 6.07) is 10.1. The SMILES string of the molecule is Cc1[nH]nc(-c2ccc(O)cc2O)c1-c1ccc2c(c1)OCO2. The van der Waals surface area contributed by atoms with Gasteiger partial charge in [0.25, 0.3) is 0 Å². The van der Waals surface area contributed by atoms with Crippen molar-refractivity contribution in [1.29, 1.82) is 0 Å². The molecule has 0 radical (unpaired) electrons. The molecule has 4 rings (SSSR count). The average Bonchev–Trinajstić information content (AvgIpc) is 3.13. The maximum Gasteiger partial charge on any atom is 0.231 e. The van der Waals surface area contributed by atoms with E-state index in [1.165, 1.54) is 12.1 Å². The first kappa shape index (κ1) is 13.5. The second kappa shape index (κ2) is 4.95. The van der Waals surface area contributed by atoms with E-state index in [1.54, 1.807) is 6.07 Å². The molecule has 2 heterocycles. The summed E-state index contributed by atoms with van der Waals surface area (Å²) in [4.78, 5) is 0. The highest BCUT2D eigenvalue weighted by molar-refractivity contribution is 5.86. The van der Waals surface area contributed by atoms with Gasteiger partial charge in [0.05, 0.1) is 0 Å². The van der Waals surface area contributed by atoms with Crippen LogP contribution in [0, 0.1) is 6.92 Å². The third kappa shape index (κ3) is 2.15. The van der Waals surface area contributed by atoms with Crippen LogP contribution in [0.5, 0.6) is 23.0 Å². The average molecular weight is 310 g/mol. The van der Waals surface area contributed by atoms with Crippen LogP contribution in [0.15, 0.2) is 36.4 Å². The van der Waals surface area contributed by atoms with Gasteiger partial charge < -0.3 is 19.7 Å². The predicted molar refractivity (Wildman–Crippen MR) is 83.6 cm³/mol. The lowest BCUT2D eigenvalue weighted by atomic mass is 9.98. The van der Waals surface area contributed by atoms with Gasteiger partial charge in [-0.2, -0.15) is 5.10 Å². The molecule has 116 valence electrons. The molecule has 3 N–H and O–H groups in total. The van der Waals surface area contributed by atoms with Crippen molar-refractivity contribution in [2.45, 2.75) is 6.92 Å². The number of H-pyrrole nitrogens is 1. The molecule has 0 spiro atoms. The van der Waals surface area contributed by atoms with Crippen molar-refractivity contribution in [3.63, 3.8) is 0 Å². The second-order valence-corrected chi connectivity index (χ2v) is 5.34. The van der Waals surface area contributed by atoms with Crippen molar-refractivity contribution in [1.82, 2.24) is 10.2 Å². The van der Waals surface area contributed by atoms with Gasteiger partial charge in [-0.15, -0.1) is 0 Å². The van der Waals surface area contributed by atoms with Crippen LogP contribution in [-0.2, 0) is 0 Å². The fourth-order valence-electron chi connectivity index (χ4n) is 2.75. The number of phenols is 2. The zero-order valence-corrected chi connectivity index (χ0v) is 12.3. The summed E-state index contributed by atoms with van der Waals surface area (Å²) in [7, 11) is 0. The highest BCUT2D eigenvalue weighted by Gasteiger charge is 2.20. The Hall–Kier alpha value is -3.15. The minimum atomic E-state index is -0.0292. The largest absolute Gasteiger partial charge is 0.508 e. The Morgan fingerprint density at radius 3 is 2.70 bits per heavy atom. The molecular formula is C17H14N2O4. The number of nitrogens with zero attached hydrogens (tertiary/aromatic N) is 1. The predicted octanol–water partition coefficient (Wildman–Crippen LogP) is 3.19. The van der Waals surface area contributed by atoms with Crippen LogP contribution in [0.25, 0.3) is 22.4 Å². The molecule has 0 bridgehead atoms. The van der Waals surface area contributed by atoms with Gasteiger partial charge in [-0.3, -0.25) is 5.10 Å². The van der Waals surface area contributed by atoms with E-state index < -0.39 is 0 Å². The Kier molecular flexibility index (Phi) is 2.90. The van der Waals surface area contributed by atoms with Gasteiger partial charge in [0.2, 0.25) is 6.79 Å². The van der Waals surface area contributed by atoms with Crippen LogP contribution in [0.2, 0.25) is 0 Å². The third-order valence-corrected chi connectivity index (χ3v) is 3.84. The number of aromatic amines is 1. The van der Waals surface area contributed by atoms with E-state index in [2.05, 4.69) is 10.2 Å². The van der Waals surface area contributed by atoms with Gasteiger partial charge in [0.1, 0.15) is 17.2 Å². The zero-order valence-electron chi connectivity index (χ0n) is 12.3. The summed E-state index contributed by atoms with van der Waals surface area (Å²) in [6.45, 7) is 2.13. The highest BCUT2D eigenvalue weighted by atomic mass is 16.7. The van der Waals surface area contributed by atoms with Crippen molar-refractivity contribution >= 4 is 0 Å². The van der Waals surface area contributed by atoms with Gasteiger partial charge in [0.15, 0.2) is 11.5 Å². The van der Waals surface area contributed by atoms with E-state index in [0.717, 1.165) is 16.8 Å². The maximum atomic E-state index is 10.1. The molecule has 1 aromatic heterocycles. The number of benzene rings is 2. The topological polar surface area (TPSA) is 87.6 Å². The molecule has 2 aromatic carbocycles. The number of fused-ring (bicyclic) bond motifs is 1. The fraction of sp³-hybridized carbons (Fsp3) is 0.118. The molecule has 0 amide bonds. The molecule has 0 saturated heterocycles. The van der Waals surface area contributed by atoms with Crippen LogP contribution in [0.3, 0.4) is 0 Å². The Morgan fingerprint density at radius 1 is 1.04 bits per heavy atom. The lowest BCUT2D eigenvalue weighted by Crippen LogP contribution is -1.92. The Balaban J connectivity index is 1.88. The number of hydrogen-bond acceptors (Lipinski definition) is 5. The van der Waals surface area contributed by atoms with E-state index in [-0.39, 0.29) is 18.3 Å². The zero-order chi connectivity index (χ0) is 16.0. The summed E-state index contributed by atoms with van der Waals surface area (Å²) in [6.07, 6.45) is 0. The molecule has 0 fully saturated rings. The van der Waals surface area contributed by atoms with Crippen molar-refractivity contribution in [3.8, 4) is 45.4 Å². The van der Waals surface area contributed by atoms with Crippen LogP contribution in [-0.4, -0.2) is 27.2 Å². The normalized spacial score (nSPS) is 12.6. The van der Waals surface area contributed by atoms with Crippen LogP contribution < -0.4 is 9.47 Å². The Bertz CT molecular complexity index is 902. The smallest absolute Gasteiger partial charge is 0.231 e. The van der Waals surface area contributed by atoms with E-state index in [4.69, 9.17) is 9.47 Å². The lowest BCUT2D eigenvalue weighted by Gasteiger charge is -2.07. The summed E-state index contributed by atoms with van der Waals surface area (Å²) in [5.74, 6) is 1.37.